The van der Waals surface area contributed by atoms with Gasteiger partial charge in [0.2, 0.25) is 0 Å². The maximum Gasteiger partial charge on any atom is 0.254 e. The molecule has 1 aromatic carbocycles. The smallest absolute Gasteiger partial charge is 0.254 e. The molecule has 0 spiro atoms. The third-order valence-corrected chi connectivity index (χ3v) is 4.42. The van der Waals surface area contributed by atoms with E-state index in [9.17, 15) is 4.79 Å². The predicted molar refractivity (Wildman–Crippen MR) is 83.7 cm³/mol. The fraction of sp³-hybridized carbons (Fsp3) is 0.462. The van der Waals surface area contributed by atoms with Gasteiger partial charge in [0, 0.05) is 22.6 Å². The van der Waals surface area contributed by atoms with Gasteiger partial charge in [-0.25, -0.2) is 0 Å². The van der Waals surface area contributed by atoms with E-state index in [0.29, 0.717) is 10.6 Å². The SMILES string of the molecule is CSCCC(C)N(C)C(=O)c1ccc(Cl)cc1Br. The zero-order valence-corrected chi connectivity index (χ0v) is 13.9. The van der Waals surface area contributed by atoms with Crippen molar-refractivity contribution in [3.8, 4) is 0 Å². The highest BCUT2D eigenvalue weighted by atomic mass is 79.9. The van der Waals surface area contributed by atoms with E-state index < -0.39 is 0 Å². The van der Waals surface area contributed by atoms with Crippen LogP contribution in [0.1, 0.15) is 23.7 Å². The summed E-state index contributed by atoms with van der Waals surface area (Å²) in [7, 11) is 1.84. The van der Waals surface area contributed by atoms with Gasteiger partial charge >= 0.3 is 0 Å². The zero-order chi connectivity index (χ0) is 13.7. The first-order valence-corrected chi connectivity index (χ1v) is 8.25. The van der Waals surface area contributed by atoms with Gasteiger partial charge in [-0.3, -0.25) is 4.79 Å². The molecule has 2 nitrogen and oxygen atoms in total. The Morgan fingerprint density at radius 3 is 2.78 bits per heavy atom. The van der Waals surface area contributed by atoms with E-state index in [0.717, 1.165) is 16.6 Å². The highest BCUT2D eigenvalue weighted by Crippen LogP contribution is 2.23. The Morgan fingerprint density at radius 1 is 1.56 bits per heavy atom. The van der Waals surface area contributed by atoms with Crippen LogP contribution in [0.3, 0.4) is 0 Å². The second kappa shape index (κ2) is 7.41. The first kappa shape index (κ1) is 15.9. The van der Waals surface area contributed by atoms with Crippen molar-refractivity contribution in [3.05, 3.63) is 33.3 Å². The van der Waals surface area contributed by atoms with Crippen LogP contribution in [0, 0.1) is 0 Å². The van der Waals surface area contributed by atoms with Crippen molar-refractivity contribution in [1.82, 2.24) is 4.90 Å². The summed E-state index contributed by atoms with van der Waals surface area (Å²) in [5, 5.41) is 0.622. The normalized spacial score (nSPS) is 12.3. The molecule has 0 aliphatic carbocycles. The first-order chi connectivity index (χ1) is 8.47. The number of halogens is 2. The molecule has 100 valence electrons. The summed E-state index contributed by atoms with van der Waals surface area (Å²) in [6, 6.07) is 5.47. The summed E-state index contributed by atoms with van der Waals surface area (Å²) >= 11 is 11.1. The molecule has 0 fully saturated rings. The van der Waals surface area contributed by atoms with Gasteiger partial charge in [-0.15, -0.1) is 0 Å². The summed E-state index contributed by atoms with van der Waals surface area (Å²) in [6.07, 6.45) is 3.07. The predicted octanol–water partition coefficient (Wildman–Crippen LogP) is 4.32. The van der Waals surface area contributed by atoms with Crippen LogP contribution in [0.5, 0.6) is 0 Å². The number of hydrogen-bond donors (Lipinski definition) is 0. The monoisotopic (exact) mass is 349 g/mol. The highest BCUT2D eigenvalue weighted by Gasteiger charge is 2.19. The lowest BCUT2D eigenvalue weighted by atomic mass is 10.1. The van der Waals surface area contributed by atoms with Crippen LogP contribution in [-0.4, -0.2) is 35.9 Å². The highest BCUT2D eigenvalue weighted by molar-refractivity contribution is 9.10. The summed E-state index contributed by atoms with van der Waals surface area (Å²) in [5.74, 6) is 1.08. The van der Waals surface area contributed by atoms with E-state index in [2.05, 4.69) is 29.1 Å². The number of rotatable bonds is 5. The molecular weight excluding hydrogens is 334 g/mol. The largest absolute Gasteiger partial charge is 0.339 e. The Bertz CT molecular complexity index is 427. The summed E-state index contributed by atoms with van der Waals surface area (Å²) in [6.45, 7) is 2.07. The van der Waals surface area contributed by atoms with E-state index in [1.165, 1.54) is 0 Å². The second-order valence-corrected chi connectivity index (χ2v) is 6.45. The quantitative estimate of drug-likeness (QED) is 0.788. The Morgan fingerprint density at radius 2 is 2.22 bits per heavy atom. The maximum atomic E-state index is 12.3. The Balaban J connectivity index is 2.79. The Labute approximate surface area is 126 Å². The molecule has 5 heteroatoms. The molecule has 0 bridgehead atoms. The minimum atomic E-state index is 0.0205. The number of carbonyl (C=O) groups excluding carboxylic acids is 1. The fourth-order valence-corrected chi connectivity index (χ4v) is 2.96. The molecule has 18 heavy (non-hydrogen) atoms. The molecule has 0 saturated heterocycles. The third kappa shape index (κ3) is 4.18. The molecular formula is C13H17BrClNOS. The van der Waals surface area contributed by atoms with Crippen molar-refractivity contribution in [3.63, 3.8) is 0 Å². The van der Waals surface area contributed by atoms with E-state index in [-0.39, 0.29) is 11.9 Å². The molecule has 1 rings (SSSR count). The molecule has 0 saturated carbocycles. The van der Waals surface area contributed by atoms with Gasteiger partial charge < -0.3 is 4.90 Å². The maximum absolute atomic E-state index is 12.3. The van der Waals surface area contributed by atoms with Crippen LogP contribution in [0.15, 0.2) is 22.7 Å². The van der Waals surface area contributed by atoms with Crippen molar-refractivity contribution in [2.45, 2.75) is 19.4 Å². The van der Waals surface area contributed by atoms with Crippen LogP contribution in [0.4, 0.5) is 0 Å². The van der Waals surface area contributed by atoms with Gasteiger partial charge in [0.1, 0.15) is 0 Å². The average molecular weight is 351 g/mol. The summed E-state index contributed by atoms with van der Waals surface area (Å²) in [5.41, 5.74) is 0.651. The average Bonchev–Trinajstić information content (AvgIpc) is 2.34. The van der Waals surface area contributed by atoms with E-state index in [4.69, 9.17) is 11.6 Å². The Hall–Kier alpha value is -0.190. The van der Waals surface area contributed by atoms with Gasteiger partial charge in [-0.2, -0.15) is 11.8 Å². The first-order valence-electron chi connectivity index (χ1n) is 5.68. The molecule has 1 unspecified atom stereocenters. The van der Waals surface area contributed by atoms with Crippen molar-refractivity contribution in [2.75, 3.05) is 19.1 Å². The molecule has 0 aliphatic rings. The van der Waals surface area contributed by atoms with Crippen LogP contribution < -0.4 is 0 Å². The van der Waals surface area contributed by atoms with Gasteiger partial charge in [-0.05, 0) is 59.5 Å². The van der Waals surface area contributed by atoms with Crippen LogP contribution in [0.25, 0.3) is 0 Å². The molecule has 1 amide bonds. The Kier molecular flexibility index (Phi) is 6.53. The zero-order valence-electron chi connectivity index (χ0n) is 10.7. The standard InChI is InChI=1S/C13H17BrClNOS/c1-9(6-7-18-3)16(2)13(17)11-5-4-10(15)8-12(11)14/h4-5,8-9H,6-7H2,1-3H3. The molecule has 0 aromatic heterocycles. The van der Waals surface area contributed by atoms with Gasteiger partial charge in [0.05, 0.1) is 5.56 Å². The number of carbonyl (C=O) groups is 1. The summed E-state index contributed by atoms with van der Waals surface area (Å²) in [4.78, 5) is 14.1. The molecule has 0 radical (unpaired) electrons. The van der Waals surface area contributed by atoms with E-state index in [1.807, 2.05) is 7.05 Å². The minimum absolute atomic E-state index is 0.0205. The molecule has 1 atom stereocenters. The summed E-state index contributed by atoms with van der Waals surface area (Å²) < 4.78 is 0.740. The van der Waals surface area contributed by atoms with Gasteiger partial charge in [-0.1, -0.05) is 11.6 Å². The number of amides is 1. The number of nitrogens with zero attached hydrogens (tertiary/aromatic N) is 1. The van der Waals surface area contributed by atoms with Crippen molar-refractivity contribution in [1.29, 1.82) is 0 Å². The lowest BCUT2D eigenvalue weighted by molar-refractivity contribution is 0.0740. The molecule has 0 N–H and O–H groups in total. The lowest BCUT2D eigenvalue weighted by Crippen LogP contribution is -2.35. The molecule has 0 aliphatic heterocycles. The lowest BCUT2D eigenvalue weighted by Gasteiger charge is -2.25. The van der Waals surface area contributed by atoms with E-state index in [1.54, 1.807) is 34.9 Å². The van der Waals surface area contributed by atoms with Crippen molar-refractivity contribution in [2.24, 2.45) is 0 Å². The van der Waals surface area contributed by atoms with Crippen molar-refractivity contribution >= 4 is 45.2 Å². The topological polar surface area (TPSA) is 20.3 Å². The fourth-order valence-electron chi connectivity index (χ4n) is 1.54. The number of thioether (sulfide) groups is 1. The third-order valence-electron chi connectivity index (χ3n) is 2.88. The minimum Gasteiger partial charge on any atom is -0.339 e. The molecule has 0 heterocycles. The van der Waals surface area contributed by atoms with Crippen molar-refractivity contribution < 1.29 is 4.79 Å². The number of hydrogen-bond acceptors (Lipinski definition) is 2. The van der Waals surface area contributed by atoms with E-state index >= 15 is 0 Å². The van der Waals surface area contributed by atoms with Crippen LogP contribution in [0.2, 0.25) is 5.02 Å². The molecule has 1 aromatic rings. The number of benzene rings is 1. The van der Waals surface area contributed by atoms with Gasteiger partial charge in [0.15, 0.2) is 0 Å². The van der Waals surface area contributed by atoms with Crippen LogP contribution >= 0.6 is 39.3 Å². The van der Waals surface area contributed by atoms with Gasteiger partial charge in [0.25, 0.3) is 5.91 Å². The second-order valence-electron chi connectivity index (χ2n) is 4.17. The van der Waals surface area contributed by atoms with Crippen LogP contribution in [-0.2, 0) is 0 Å².